The van der Waals surface area contributed by atoms with Crippen molar-refractivity contribution in [3.05, 3.63) is 24.3 Å². The molecule has 0 aromatic carbocycles. The Morgan fingerprint density at radius 2 is 0.824 bits per heavy atom. The highest BCUT2D eigenvalue weighted by Crippen LogP contribution is 2.42. The summed E-state index contributed by atoms with van der Waals surface area (Å²) >= 11 is 1.34. The molecule has 0 amide bonds. The Kier molecular flexibility index (Phi) is 33.2. The van der Waals surface area contributed by atoms with Crippen molar-refractivity contribution in [3.8, 4) is 0 Å². The van der Waals surface area contributed by atoms with Gasteiger partial charge in [-0.1, -0.05) is 180 Å². The number of carboxylic acids is 2. The summed E-state index contributed by atoms with van der Waals surface area (Å²) in [5, 5.41) is 18.2. The fourth-order valence-corrected chi connectivity index (χ4v) is 7.83. The SMILES string of the molecule is CCCCCCCCCCCC(OC(=O)/C=C\C(=O)O)SC(CCCCCCCCCC)(CCCCCCCCCCC)OC(=O)/C=C\C(=O)O. The largest absolute Gasteiger partial charge is 0.478 e. The zero-order chi connectivity index (χ0) is 37.8. The van der Waals surface area contributed by atoms with Crippen molar-refractivity contribution < 1.29 is 38.9 Å². The van der Waals surface area contributed by atoms with Crippen molar-refractivity contribution in [1.29, 1.82) is 0 Å². The van der Waals surface area contributed by atoms with Crippen molar-refractivity contribution in [2.75, 3.05) is 0 Å². The number of carboxylic acid groups (broad SMARTS) is 2. The number of esters is 2. The first-order valence-electron chi connectivity index (χ1n) is 20.6. The lowest BCUT2D eigenvalue weighted by atomic mass is 10.0. The standard InChI is InChI=1S/C42H74O8S/c1-4-7-10-13-16-19-21-24-27-30-41(49-39(47)33-31-37(43)44)51-42(50-40(48)34-32-38(45)46,35-28-25-22-18-15-12-9-6-3)36-29-26-23-20-17-14-11-8-5-2/h31-34,41H,4-30,35-36H2,1-3H3,(H,43,44)(H,45,46)/b33-31-,34-32-. The number of hydrogen-bond acceptors (Lipinski definition) is 7. The quantitative estimate of drug-likeness (QED) is 0.0277. The minimum atomic E-state index is -1.23. The maximum atomic E-state index is 13.1. The highest BCUT2D eigenvalue weighted by molar-refractivity contribution is 8.01. The number of thioether (sulfide) groups is 1. The van der Waals surface area contributed by atoms with Gasteiger partial charge in [-0.15, -0.1) is 0 Å². The van der Waals surface area contributed by atoms with E-state index in [4.69, 9.17) is 14.6 Å². The third-order valence-corrected chi connectivity index (χ3v) is 10.7. The Balaban J connectivity index is 5.92. The first-order valence-corrected chi connectivity index (χ1v) is 21.5. The van der Waals surface area contributed by atoms with Crippen molar-refractivity contribution in [2.45, 2.75) is 217 Å². The van der Waals surface area contributed by atoms with Crippen molar-refractivity contribution in [2.24, 2.45) is 0 Å². The van der Waals surface area contributed by atoms with Crippen LogP contribution in [0.4, 0.5) is 0 Å². The summed E-state index contributed by atoms with van der Waals surface area (Å²) in [5.74, 6) is -3.93. The highest BCUT2D eigenvalue weighted by atomic mass is 32.2. The van der Waals surface area contributed by atoms with Gasteiger partial charge in [0, 0.05) is 24.3 Å². The van der Waals surface area contributed by atoms with Gasteiger partial charge in [0.05, 0.1) is 0 Å². The van der Waals surface area contributed by atoms with E-state index in [0.29, 0.717) is 19.3 Å². The predicted octanol–water partition coefficient (Wildman–Crippen LogP) is 12.5. The van der Waals surface area contributed by atoms with E-state index in [1.165, 1.54) is 102 Å². The lowest BCUT2D eigenvalue weighted by Crippen LogP contribution is -2.35. The van der Waals surface area contributed by atoms with Crippen LogP contribution in [0.25, 0.3) is 0 Å². The molecule has 0 aliphatic heterocycles. The number of carbonyl (C=O) groups is 4. The van der Waals surface area contributed by atoms with Crippen LogP contribution in [0.1, 0.15) is 207 Å². The molecule has 0 radical (unpaired) electrons. The van der Waals surface area contributed by atoms with E-state index in [-0.39, 0.29) is 0 Å². The Morgan fingerprint density at radius 3 is 1.20 bits per heavy atom. The molecule has 2 unspecified atom stereocenters. The smallest absolute Gasteiger partial charge is 0.332 e. The normalized spacial score (nSPS) is 13.4. The second kappa shape index (κ2) is 34.8. The third-order valence-electron chi connectivity index (χ3n) is 9.22. The van der Waals surface area contributed by atoms with Crippen LogP contribution >= 0.6 is 11.8 Å². The number of hydrogen-bond donors (Lipinski definition) is 2. The van der Waals surface area contributed by atoms with Crippen LogP contribution in [0.3, 0.4) is 0 Å². The maximum Gasteiger partial charge on any atom is 0.332 e. The first-order chi connectivity index (χ1) is 24.7. The van der Waals surface area contributed by atoms with Gasteiger partial charge in [-0.25, -0.2) is 19.2 Å². The molecule has 51 heavy (non-hydrogen) atoms. The molecule has 0 spiro atoms. The topological polar surface area (TPSA) is 127 Å². The molecule has 2 N–H and O–H groups in total. The Hall–Kier alpha value is -2.29. The predicted molar refractivity (Wildman–Crippen MR) is 211 cm³/mol. The second-order valence-corrected chi connectivity index (χ2v) is 15.6. The maximum absolute atomic E-state index is 13.1. The minimum Gasteiger partial charge on any atom is -0.478 e. The van der Waals surface area contributed by atoms with Crippen LogP contribution in [0, 0.1) is 0 Å². The van der Waals surface area contributed by atoms with Gasteiger partial charge < -0.3 is 19.7 Å². The Morgan fingerprint density at radius 1 is 0.490 bits per heavy atom. The van der Waals surface area contributed by atoms with Crippen LogP contribution in [-0.2, 0) is 28.7 Å². The molecule has 0 saturated heterocycles. The molecule has 0 bridgehead atoms. The van der Waals surface area contributed by atoms with Crippen molar-refractivity contribution in [3.63, 3.8) is 0 Å². The van der Waals surface area contributed by atoms with Crippen LogP contribution < -0.4 is 0 Å². The van der Waals surface area contributed by atoms with Crippen LogP contribution in [-0.4, -0.2) is 44.5 Å². The molecule has 9 heteroatoms. The van der Waals surface area contributed by atoms with Gasteiger partial charge in [-0.05, 0) is 38.5 Å². The summed E-state index contributed by atoms with van der Waals surface area (Å²) in [7, 11) is 0. The highest BCUT2D eigenvalue weighted by Gasteiger charge is 2.38. The van der Waals surface area contributed by atoms with E-state index < -0.39 is 34.2 Å². The van der Waals surface area contributed by atoms with Gasteiger partial charge in [0.2, 0.25) is 0 Å². The van der Waals surface area contributed by atoms with E-state index in [2.05, 4.69) is 20.8 Å². The summed E-state index contributed by atoms with van der Waals surface area (Å²) in [5.41, 5.74) is -0.649. The average Bonchev–Trinajstić information content (AvgIpc) is 3.09. The van der Waals surface area contributed by atoms with Crippen LogP contribution in [0.5, 0.6) is 0 Å². The molecule has 0 aromatic rings. The van der Waals surface area contributed by atoms with Crippen LogP contribution in [0.2, 0.25) is 0 Å². The van der Waals surface area contributed by atoms with Gasteiger partial charge in [-0.3, -0.25) is 0 Å². The summed E-state index contributed by atoms with van der Waals surface area (Å²) < 4.78 is 12.0. The number of carbonyl (C=O) groups excluding carboxylic acids is 2. The molecule has 0 heterocycles. The summed E-state index contributed by atoms with van der Waals surface area (Å²) in [4.78, 5) is 47.2. The first kappa shape index (κ1) is 48.7. The Bertz CT molecular complexity index is 949. The lowest BCUT2D eigenvalue weighted by Gasteiger charge is -2.35. The van der Waals surface area contributed by atoms with Gasteiger partial charge in [0.25, 0.3) is 0 Å². The van der Waals surface area contributed by atoms with Gasteiger partial charge in [-0.2, -0.15) is 0 Å². The lowest BCUT2D eigenvalue weighted by molar-refractivity contribution is -0.147. The number of ether oxygens (including phenoxy) is 2. The van der Waals surface area contributed by atoms with E-state index >= 15 is 0 Å². The molecule has 0 fully saturated rings. The average molecular weight is 739 g/mol. The zero-order valence-corrected chi connectivity index (χ0v) is 33.5. The summed E-state index contributed by atoms with van der Waals surface area (Å²) in [6.07, 6.45) is 34.7. The van der Waals surface area contributed by atoms with Crippen LogP contribution in [0.15, 0.2) is 24.3 Å². The second-order valence-electron chi connectivity index (χ2n) is 14.1. The van der Waals surface area contributed by atoms with Crippen molar-refractivity contribution in [1.82, 2.24) is 0 Å². The van der Waals surface area contributed by atoms with E-state index in [0.717, 1.165) is 101 Å². The monoisotopic (exact) mass is 739 g/mol. The molecule has 0 aliphatic rings. The number of unbranched alkanes of at least 4 members (excludes halogenated alkanes) is 23. The third kappa shape index (κ3) is 32.1. The van der Waals surface area contributed by atoms with Gasteiger partial charge in [0.15, 0.2) is 10.4 Å². The molecular formula is C42H74O8S. The van der Waals surface area contributed by atoms with E-state index in [1.54, 1.807) is 0 Å². The zero-order valence-electron chi connectivity index (χ0n) is 32.6. The fourth-order valence-electron chi connectivity index (χ4n) is 6.27. The van der Waals surface area contributed by atoms with Crippen molar-refractivity contribution >= 4 is 35.6 Å². The Labute approximate surface area is 315 Å². The molecular weight excluding hydrogens is 665 g/mol. The number of rotatable bonds is 37. The molecule has 8 nitrogen and oxygen atoms in total. The van der Waals surface area contributed by atoms with E-state index in [9.17, 15) is 24.3 Å². The fraction of sp³-hybridized carbons (Fsp3) is 0.810. The molecule has 0 saturated carbocycles. The molecule has 0 aliphatic carbocycles. The molecule has 2 atom stereocenters. The van der Waals surface area contributed by atoms with Gasteiger partial charge in [0.1, 0.15) is 0 Å². The summed E-state index contributed by atoms with van der Waals surface area (Å²) in [6.45, 7) is 6.64. The molecule has 0 aromatic heterocycles. The van der Waals surface area contributed by atoms with Gasteiger partial charge >= 0.3 is 23.9 Å². The molecule has 296 valence electrons. The van der Waals surface area contributed by atoms with E-state index in [1.807, 2.05) is 0 Å². The number of aliphatic carboxylic acids is 2. The molecule has 0 rings (SSSR count). The minimum absolute atomic E-state index is 0.548. The summed E-state index contributed by atoms with van der Waals surface area (Å²) in [6, 6.07) is 0.